The maximum Gasteiger partial charge on any atom is 0.336 e. The van der Waals surface area contributed by atoms with Crippen molar-refractivity contribution >= 4 is 22.4 Å². The fraction of sp³-hybridized carbons (Fsp3) is 0.360. The van der Waals surface area contributed by atoms with E-state index in [1.54, 1.807) is 6.07 Å². The molecule has 0 saturated carbocycles. The molecule has 0 bridgehead atoms. The number of fused-ring (bicyclic) bond motifs is 3. The van der Waals surface area contributed by atoms with Gasteiger partial charge in [0, 0.05) is 49.9 Å². The summed E-state index contributed by atoms with van der Waals surface area (Å²) in [6.07, 6.45) is 0. The van der Waals surface area contributed by atoms with Crippen molar-refractivity contribution in [1.29, 1.82) is 0 Å². The van der Waals surface area contributed by atoms with Gasteiger partial charge in [0.15, 0.2) is 11.4 Å². The van der Waals surface area contributed by atoms with Crippen molar-refractivity contribution in [3.63, 3.8) is 0 Å². The molecule has 6 heteroatoms. The molecule has 5 rings (SSSR count). The summed E-state index contributed by atoms with van der Waals surface area (Å²) in [6.45, 7) is 8.60. The zero-order chi connectivity index (χ0) is 21.5. The van der Waals surface area contributed by atoms with E-state index in [1.165, 1.54) is 17.3 Å². The van der Waals surface area contributed by atoms with Gasteiger partial charge in [0.1, 0.15) is 11.3 Å². The lowest BCUT2D eigenvalue weighted by Gasteiger charge is -2.38. The first-order valence-electron chi connectivity index (χ1n) is 10.8. The van der Waals surface area contributed by atoms with Gasteiger partial charge < -0.3 is 14.1 Å². The predicted octanol–water partition coefficient (Wildman–Crippen LogP) is 3.42. The summed E-state index contributed by atoms with van der Waals surface area (Å²) < 4.78 is 11.4. The van der Waals surface area contributed by atoms with Gasteiger partial charge in [0.25, 0.3) is 0 Å². The van der Waals surface area contributed by atoms with Crippen molar-refractivity contribution in [1.82, 2.24) is 4.90 Å². The summed E-state index contributed by atoms with van der Waals surface area (Å²) in [7, 11) is 0. The Hall–Kier alpha value is -3.12. The molecule has 3 aromatic rings. The average Bonchev–Trinajstić information content (AvgIpc) is 2.76. The fourth-order valence-corrected chi connectivity index (χ4v) is 4.58. The first-order valence-corrected chi connectivity index (χ1v) is 10.8. The molecule has 31 heavy (non-hydrogen) atoms. The number of carbonyl (C=O) groups is 1. The quantitative estimate of drug-likeness (QED) is 0.608. The molecule has 160 valence electrons. The van der Waals surface area contributed by atoms with Crippen LogP contribution < -0.4 is 15.3 Å². The first-order chi connectivity index (χ1) is 15.0. The molecule has 0 radical (unpaired) electrons. The van der Waals surface area contributed by atoms with E-state index in [9.17, 15) is 9.59 Å². The largest absolute Gasteiger partial charge is 0.492 e. The molecule has 0 aliphatic carbocycles. The predicted molar refractivity (Wildman–Crippen MR) is 120 cm³/mol. The number of ketones is 1. The Labute approximate surface area is 181 Å². The van der Waals surface area contributed by atoms with Crippen molar-refractivity contribution in [2.24, 2.45) is 5.92 Å². The van der Waals surface area contributed by atoms with Gasteiger partial charge in [-0.25, -0.2) is 4.79 Å². The van der Waals surface area contributed by atoms with Crippen LogP contribution in [-0.4, -0.2) is 50.0 Å². The van der Waals surface area contributed by atoms with Crippen molar-refractivity contribution in [2.75, 3.05) is 44.2 Å². The van der Waals surface area contributed by atoms with E-state index in [2.05, 4.69) is 41.0 Å². The van der Waals surface area contributed by atoms with Crippen LogP contribution >= 0.6 is 0 Å². The number of nitrogens with zero attached hydrogens (tertiary/aromatic N) is 2. The number of hydrogen-bond donors (Lipinski definition) is 0. The number of carbonyl (C=O) groups excluding carboxylic acids is 1. The zero-order valence-electron chi connectivity index (χ0n) is 17.9. The molecule has 6 nitrogen and oxygen atoms in total. The van der Waals surface area contributed by atoms with Gasteiger partial charge in [0.05, 0.1) is 12.5 Å². The van der Waals surface area contributed by atoms with Crippen LogP contribution in [0.15, 0.2) is 51.7 Å². The molecule has 0 spiro atoms. The van der Waals surface area contributed by atoms with Crippen LogP contribution in [-0.2, 0) is 0 Å². The normalized spacial score (nSPS) is 19.4. The molecule has 1 atom stereocenters. The minimum atomic E-state index is -0.444. The van der Waals surface area contributed by atoms with E-state index in [0.29, 0.717) is 30.0 Å². The highest BCUT2D eigenvalue weighted by atomic mass is 16.5. The van der Waals surface area contributed by atoms with Crippen LogP contribution in [0.3, 0.4) is 0 Å². The standard InChI is InChI=1S/C25H26N2O4/c1-16-3-5-19(6-4-16)27-11-9-26(10-12-27)14-18-15-30-21-8-7-20-17(2)13-22(28)31-25(20)23(21)24(18)29/h3-8,13,18H,9-12,14-15H2,1-2H3. The Kier molecular flexibility index (Phi) is 5.02. The summed E-state index contributed by atoms with van der Waals surface area (Å²) >= 11 is 0. The van der Waals surface area contributed by atoms with Gasteiger partial charge in [-0.05, 0) is 43.7 Å². The molecule has 2 aliphatic heterocycles. The van der Waals surface area contributed by atoms with E-state index < -0.39 is 5.63 Å². The zero-order valence-corrected chi connectivity index (χ0v) is 17.9. The molecule has 3 heterocycles. The fourth-order valence-electron chi connectivity index (χ4n) is 4.58. The smallest absolute Gasteiger partial charge is 0.336 e. The SMILES string of the molecule is Cc1ccc(N2CCN(CC3COc4ccc5c(C)cc(=O)oc5c4C3=O)CC2)cc1. The molecular formula is C25H26N2O4. The van der Waals surface area contributed by atoms with Gasteiger partial charge in [0.2, 0.25) is 0 Å². The van der Waals surface area contributed by atoms with Crippen LogP contribution in [0, 0.1) is 19.8 Å². The Morgan fingerprint density at radius 3 is 2.45 bits per heavy atom. The van der Waals surface area contributed by atoms with Crippen LogP contribution in [0.5, 0.6) is 5.75 Å². The summed E-state index contributed by atoms with van der Waals surface area (Å²) in [6, 6.07) is 13.7. The third-order valence-corrected chi connectivity index (χ3v) is 6.39. The molecule has 0 amide bonds. The Bertz CT molecular complexity index is 1190. The maximum absolute atomic E-state index is 13.4. The summed E-state index contributed by atoms with van der Waals surface area (Å²) in [5.41, 5.74) is 3.62. The highest BCUT2D eigenvalue weighted by molar-refractivity contribution is 6.10. The van der Waals surface area contributed by atoms with Crippen molar-refractivity contribution in [2.45, 2.75) is 13.8 Å². The van der Waals surface area contributed by atoms with Gasteiger partial charge >= 0.3 is 5.63 Å². The highest BCUT2D eigenvalue weighted by Crippen LogP contribution is 2.34. The molecule has 1 fully saturated rings. The first kappa shape index (κ1) is 19.8. The van der Waals surface area contributed by atoms with Crippen molar-refractivity contribution in [3.8, 4) is 5.75 Å². The lowest BCUT2D eigenvalue weighted by Crippen LogP contribution is -2.49. The number of Topliss-reactive ketones (excluding diaryl/α,β-unsaturated/α-hetero) is 1. The van der Waals surface area contributed by atoms with Crippen LogP contribution in [0.2, 0.25) is 0 Å². The number of piperazine rings is 1. The van der Waals surface area contributed by atoms with Gasteiger partial charge in [-0.1, -0.05) is 17.7 Å². The van der Waals surface area contributed by atoms with Crippen LogP contribution in [0.1, 0.15) is 21.5 Å². The Morgan fingerprint density at radius 2 is 1.71 bits per heavy atom. The van der Waals surface area contributed by atoms with Crippen LogP contribution in [0.4, 0.5) is 5.69 Å². The van der Waals surface area contributed by atoms with Crippen molar-refractivity contribution < 1.29 is 13.9 Å². The highest BCUT2D eigenvalue weighted by Gasteiger charge is 2.34. The second kappa shape index (κ2) is 7.85. The Balaban J connectivity index is 1.31. The van der Waals surface area contributed by atoms with E-state index in [-0.39, 0.29) is 11.7 Å². The molecule has 2 aliphatic rings. The number of hydrogen-bond acceptors (Lipinski definition) is 6. The van der Waals surface area contributed by atoms with E-state index >= 15 is 0 Å². The monoisotopic (exact) mass is 418 g/mol. The number of benzene rings is 2. The Morgan fingerprint density at radius 1 is 0.968 bits per heavy atom. The molecule has 0 N–H and O–H groups in total. The van der Waals surface area contributed by atoms with Gasteiger partial charge in [-0.15, -0.1) is 0 Å². The topological polar surface area (TPSA) is 63.0 Å². The molecule has 1 saturated heterocycles. The molecule has 1 unspecified atom stereocenters. The summed E-state index contributed by atoms with van der Waals surface area (Å²) in [4.78, 5) is 30.0. The van der Waals surface area contributed by atoms with Crippen LogP contribution in [0.25, 0.3) is 11.0 Å². The minimum Gasteiger partial charge on any atom is -0.492 e. The maximum atomic E-state index is 13.4. The van der Waals surface area contributed by atoms with E-state index in [4.69, 9.17) is 9.15 Å². The third kappa shape index (κ3) is 3.72. The minimum absolute atomic E-state index is 0.00145. The average molecular weight is 418 g/mol. The van der Waals surface area contributed by atoms with Gasteiger partial charge in [-0.2, -0.15) is 0 Å². The van der Waals surface area contributed by atoms with E-state index in [1.807, 2.05) is 13.0 Å². The molecule has 1 aromatic heterocycles. The van der Waals surface area contributed by atoms with Gasteiger partial charge in [-0.3, -0.25) is 9.69 Å². The molecule has 2 aromatic carbocycles. The summed E-state index contributed by atoms with van der Waals surface area (Å²) in [5.74, 6) is 0.239. The summed E-state index contributed by atoms with van der Waals surface area (Å²) in [5, 5.41) is 0.780. The lowest BCUT2D eigenvalue weighted by atomic mass is 9.92. The molecular weight excluding hydrogens is 392 g/mol. The third-order valence-electron chi connectivity index (χ3n) is 6.39. The number of anilines is 1. The number of aryl methyl sites for hydroxylation is 2. The second-order valence-electron chi connectivity index (χ2n) is 8.56. The van der Waals surface area contributed by atoms with Crippen molar-refractivity contribution in [3.05, 3.63) is 69.6 Å². The number of rotatable bonds is 3. The van der Waals surface area contributed by atoms with E-state index in [0.717, 1.165) is 37.1 Å². The second-order valence-corrected chi connectivity index (χ2v) is 8.56. The number of ether oxygens (including phenoxy) is 1. The lowest BCUT2D eigenvalue weighted by molar-refractivity contribution is 0.0764.